The van der Waals surface area contributed by atoms with Crippen molar-refractivity contribution < 1.29 is 0 Å². The molecule has 10 heavy (non-hydrogen) atoms. The van der Waals surface area contributed by atoms with E-state index in [9.17, 15) is 0 Å². The van der Waals surface area contributed by atoms with Crippen molar-refractivity contribution in [2.75, 3.05) is 0 Å². The first-order valence-electron chi connectivity index (χ1n) is 3.16. The molecule has 1 rings (SSSR count). The van der Waals surface area contributed by atoms with Crippen LogP contribution in [0.5, 0.6) is 0 Å². The largest absolute Gasteiger partial charge is 0.312 e. The Morgan fingerprint density at radius 2 is 1.80 bits per heavy atom. The Balaban J connectivity index is 2.89. The van der Waals surface area contributed by atoms with Gasteiger partial charge in [-0.15, -0.1) is 11.6 Å². The maximum Gasteiger partial charge on any atom is 0.106 e. The third-order valence-corrected chi connectivity index (χ3v) is 1.65. The summed E-state index contributed by atoms with van der Waals surface area (Å²) < 4.78 is 0. The topological polar surface area (TPSA) is 26.0 Å². The van der Waals surface area contributed by atoms with Crippen molar-refractivity contribution in [3.05, 3.63) is 35.4 Å². The number of hydrogen-bond donors (Lipinski definition) is 1. The number of halogens is 1. The molecule has 0 bridgehead atoms. The molecule has 0 saturated carbocycles. The predicted molar refractivity (Wildman–Crippen MR) is 44.0 cm³/mol. The minimum atomic E-state index is -0.374. The van der Waals surface area contributed by atoms with E-state index >= 15 is 0 Å². The quantitative estimate of drug-likeness (QED) is 0.488. The highest BCUT2D eigenvalue weighted by molar-refractivity contribution is 6.20. The first kappa shape index (κ1) is 7.58. The molecule has 1 aromatic rings. The molecule has 0 heterocycles. The van der Waals surface area contributed by atoms with Gasteiger partial charge in [-0.05, 0) is 12.5 Å². The normalized spacial score (nSPS) is 13.1. The monoisotopic (exact) mass is 155 g/mol. The van der Waals surface area contributed by atoms with E-state index in [0.717, 1.165) is 5.56 Å². The van der Waals surface area contributed by atoms with Crippen LogP contribution in [0.1, 0.15) is 16.6 Å². The zero-order chi connectivity index (χ0) is 7.56. The molecule has 1 nitrogen and oxygen atoms in total. The van der Waals surface area contributed by atoms with Gasteiger partial charge in [0.25, 0.3) is 0 Å². The van der Waals surface area contributed by atoms with Crippen LogP contribution in [0.15, 0.2) is 24.3 Å². The Morgan fingerprint density at radius 3 is 2.20 bits per heavy atom. The van der Waals surface area contributed by atoms with E-state index in [1.165, 1.54) is 5.56 Å². The van der Waals surface area contributed by atoms with Crippen molar-refractivity contribution in [2.45, 2.75) is 12.4 Å². The van der Waals surface area contributed by atoms with Crippen LogP contribution >= 0.6 is 11.6 Å². The fourth-order valence-electron chi connectivity index (χ4n) is 0.750. The molecule has 0 saturated heterocycles. The van der Waals surface area contributed by atoms with Gasteiger partial charge in [0.15, 0.2) is 0 Å². The summed E-state index contributed by atoms with van der Waals surface area (Å²) in [5, 5.41) is 0. The molecule has 0 aliphatic rings. The molecular weight excluding hydrogens is 146 g/mol. The molecule has 54 valence electrons. The summed E-state index contributed by atoms with van der Waals surface area (Å²) in [7, 11) is 0. The highest BCUT2D eigenvalue weighted by Gasteiger charge is 1.97. The molecule has 0 aliphatic heterocycles. The molecule has 1 unspecified atom stereocenters. The maximum absolute atomic E-state index is 5.63. The van der Waals surface area contributed by atoms with E-state index in [-0.39, 0.29) is 5.50 Å². The van der Waals surface area contributed by atoms with Gasteiger partial charge in [0, 0.05) is 0 Å². The summed E-state index contributed by atoms with van der Waals surface area (Å²) >= 11 is 5.63. The van der Waals surface area contributed by atoms with Crippen LogP contribution in [0.25, 0.3) is 0 Å². The second kappa shape index (κ2) is 3.04. The second-order valence-electron chi connectivity index (χ2n) is 2.31. The van der Waals surface area contributed by atoms with E-state index in [2.05, 4.69) is 0 Å². The Kier molecular flexibility index (Phi) is 2.30. The molecule has 0 spiro atoms. The molecular formula is C8H10ClN. The van der Waals surface area contributed by atoms with Gasteiger partial charge in [-0.3, -0.25) is 0 Å². The smallest absolute Gasteiger partial charge is 0.106 e. The summed E-state index contributed by atoms with van der Waals surface area (Å²) in [6.07, 6.45) is 0. The number of aryl methyl sites for hydroxylation is 1. The summed E-state index contributed by atoms with van der Waals surface area (Å²) in [6.45, 7) is 2.03. The first-order chi connectivity index (χ1) is 4.70. The molecule has 0 radical (unpaired) electrons. The lowest BCUT2D eigenvalue weighted by Gasteiger charge is -2.01. The first-order valence-corrected chi connectivity index (χ1v) is 3.60. The van der Waals surface area contributed by atoms with Crippen molar-refractivity contribution in [2.24, 2.45) is 5.73 Å². The van der Waals surface area contributed by atoms with Crippen LogP contribution in [-0.2, 0) is 0 Å². The van der Waals surface area contributed by atoms with Gasteiger partial charge >= 0.3 is 0 Å². The van der Waals surface area contributed by atoms with Crippen LogP contribution in [0.3, 0.4) is 0 Å². The molecule has 1 aromatic carbocycles. The molecule has 2 N–H and O–H groups in total. The Morgan fingerprint density at radius 1 is 1.30 bits per heavy atom. The predicted octanol–water partition coefficient (Wildman–Crippen LogP) is 2.19. The van der Waals surface area contributed by atoms with Crippen LogP contribution in [-0.4, -0.2) is 0 Å². The van der Waals surface area contributed by atoms with Gasteiger partial charge < -0.3 is 5.73 Å². The summed E-state index contributed by atoms with van der Waals surface area (Å²) in [4.78, 5) is 0. The molecule has 2 heteroatoms. The van der Waals surface area contributed by atoms with Gasteiger partial charge in [-0.25, -0.2) is 0 Å². The second-order valence-corrected chi connectivity index (χ2v) is 2.78. The van der Waals surface area contributed by atoms with E-state index in [1.54, 1.807) is 0 Å². The third-order valence-electron chi connectivity index (χ3n) is 1.40. The van der Waals surface area contributed by atoms with E-state index < -0.39 is 0 Å². The van der Waals surface area contributed by atoms with Crippen LogP contribution in [0.4, 0.5) is 0 Å². The molecule has 0 amide bonds. The van der Waals surface area contributed by atoms with Crippen molar-refractivity contribution in [3.63, 3.8) is 0 Å². The van der Waals surface area contributed by atoms with E-state index in [0.29, 0.717) is 0 Å². The number of nitrogens with two attached hydrogens (primary N) is 1. The lowest BCUT2D eigenvalue weighted by molar-refractivity contribution is 1.02. The average molecular weight is 156 g/mol. The Labute approximate surface area is 65.8 Å². The minimum Gasteiger partial charge on any atom is -0.312 e. The van der Waals surface area contributed by atoms with E-state index in [4.69, 9.17) is 17.3 Å². The number of hydrogen-bond acceptors (Lipinski definition) is 1. The number of benzene rings is 1. The third kappa shape index (κ3) is 1.72. The fourth-order valence-corrected chi connectivity index (χ4v) is 0.896. The van der Waals surface area contributed by atoms with Gasteiger partial charge in [-0.2, -0.15) is 0 Å². The van der Waals surface area contributed by atoms with Crippen LogP contribution in [0.2, 0.25) is 0 Å². The van der Waals surface area contributed by atoms with Crippen molar-refractivity contribution >= 4 is 11.6 Å². The number of rotatable bonds is 1. The summed E-state index contributed by atoms with van der Waals surface area (Å²) in [5.41, 5.74) is 7.24. The van der Waals surface area contributed by atoms with Crippen molar-refractivity contribution in [3.8, 4) is 0 Å². The standard InChI is InChI=1S/C8H10ClN/c1-6-2-4-7(5-3-6)8(9)10/h2-5,8H,10H2,1H3. The van der Waals surface area contributed by atoms with Crippen LogP contribution in [0, 0.1) is 6.92 Å². The average Bonchev–Trinajstić information content (AvgIpc) is 1.88. The SMILES string of the molecule is Cc1ccc(C(N)Cl)cc1. The molecule has 0 aromatic heterocycles. The van der Waals surface area contributed by atoms with Crippen molar-refractivity contribution in [1.29, 1.82) is 0 Å². The summed E-state index contributed by atoms with van der Waals surface area (Å²) in [5.74, 6) is 0. The molecule has 0 fully saturated rings. The highest BCUT2D eigenvalue weighted by atomic mass is 35.5. The van der Waals surface area contributed by atoms with Gasteiger partial charge in [0.05, 0.1) is 0 Å². The fraction of sp³-hybridized carbons (Fsp3) is 0.250. The van der Waals surface area contributed by atoms with Crippen molar-refractivity contribution in [1.82, 2.24) is 0 Å². The van der Waals surface area contributed by atoms with Crippen LogP contribution < -0.4 is 5.73 Å². The lowest BCUT2D eigenvalue weighted by atomic mass is 10.1. The Hall–Kier alpha value is -0.530. The number of alkyl halides is 1. The molecule has 1 atom stereocenters. The van der Waals surface area contributed by atoms with Gasteiger partial charge in [0.1, 0.15) is 5.50 Å². The zero-order valence-corrected chi connectivity index (χ0v) is 6.60. The van der Waals surface area contributed by atoms with E-state index in [1.807, 2.05) is 31.2 Å². The Bertz CT molecular complexity index is 203. The highest BCUT2D eigenvalue weighted by Crippen LogP contribution is 2.13. The lowest BCUT2D eigenvalue weighted by Crippen LogP contribution is -2.01. The zero-order valence-electron chi connectivity index (χ0n) is 5.84. The van der Waals surface area contributed by atoms with Gasteiger partial charge in [-0.1, -0.05) is 29.8 Å². The maximum atomic E-state index is 5.63. The minimum absolute atomic E-state index is 0.374. The molecule has 0 aliphatic carbocycles. The summed E-state index contributed by atoms with van der Waals surface area (Å²) in [6, 6.07) is 7.87. The van der Waals surface area contributed by atoms with Gasteiger partial charge in [0.2, 0.25) is 0 Å².